The largest absolute Gasteiger partial charge is 0.347 e. The van der Waals surface area contributed by atoms with Crippen LogP contribution < -0.4 is 32.3 Å². The van der Waals surface area contributed by atoms with Crippen molar-refractivity contribution < 1.29 is 28.8 Å². The third-order valence-electron chi connectivity index (χ3n) is 6.29. The average molecular weight is 495 g/mol. The van der Waals surface area contributed by atoms with E-state index in [0.29, 0.717) is 0 Å². The van der Waals surface area contributed by atoms with Gasteiger partial charge in [-0.25, -0.2) is 0 Å². The molecule has 2 rings (SSSR count). The van der Waals surface area contributed by atoms with Crippen molar-refractivity contribution in [3.63, 3.8) is 0 Å². The van der Waals surface area contributed by atoms with Crippen LogP contribution in [0.5, 0.6) is 0 Å². The molecule has 12 heteroatoms. The normalized spacial score (nSPS) is 16.5. The first kappa shape index (κ1) is 28.1. The molecule has 2 saturated carbocycles. The number of carbonyl (C=O) groups is 6. The maximum absolute atomic E-state index is 12.0. The fraction of sp³-hybridized carbons (Fsp3) is 0.739. The molecule has 6 amide bonds. The Labute approximate surface area is 205 Å². The minimum atomic E-state index is -0.543. The van der Waals surface area contributed by atoms with E-state index in [2.05, 4.69) is 32.3 Å². The summed E-state index contributed by atoms with van der Waals surface area (Å²) >= 11 is 0. The van der Waals surface area contributed by atoms with Gasteiger partial charge in [-0.15, -0.1) is 0 Å². The van der Waals surface area contributed by atoms with Crippen molar-refractivity contribution in [3.05, 3.63) is 0 Å². The summed E-state index contributed by atoms with van der Waals surface area (Å²) in [6, 6.07) is 0. The smallest absolute Gasteiger partial charge is 0.257 e. The average Bonchev–Trinajstić information content (AvgIpc) is 2.88. The Morgan fingerprint density at radius 1 is 0.486 bits per heavy atom. The topological polar surface area (TPSA) is 175 Å². The second-order valence-corrected chi connectivity index (χ2v) is 9.15. The Balaban J connectivity index is 1.47. The van der Waals surface area contributed by atoms with Crippen molar-refractivity contribution in [2.24, 2.45) is 11.8 Å². The van der Waals surface area contributed by atoms with Crippen LogP contribution in [0.1, 0.15) is 83.5 Å². The molecule has 0 saturated heterocycles. The number of hydrazine groups is 2. The zero-order chi connectivity index (χ0) is 25.5. The summed E-state index contributed by atoms with van der Waals surface area (Å²) in [6.07, 6.45) is 9.81. The molecule has 0 spiro atoms. The first-order valence-corrected chi connectivity index (χ1v) is 12.6. The molecule has 2 fully saturated rings. The molecule has 0 radical (unpaired) electrons. The van der Waals surface area contributed by atoms with Crippen LogP contribution in [0.3, 0.4) is 0 Å². The van der Waals surface area contributed by atoms with Gasteiger partial charge in [-0.05, 0) is 32.1 Å². The highest BCUT2D eigenvalue weighted by Crippen LogP contribution is 2.24. The molecular formula is C23H38N6O6. The molecule has 0 atom stereocenters. The van der Waals surface area contributed by atoms with Crippen LogP contribution in [0.2, 0.25) is 0 Å². The van der Waals surface area contributed by atoms with E-state index < -0.39 is 23.6 Å². The van der Waals surface area contributed by atoms with Crippen molar-refractivity contribution >= 4 is 35.4 Å². The summed E-state index contributed by atoms with van der Waals surface area (Å²) in [5.41, 5.74) is 8.91. The predicted octanol–water partition coefficient (Wildman–Crippen LogP) is -0.155. The molecular weight excluding hydrogens is 456 g/mol. The van der Waals surface area contributed by atoms with Gasteiger partial charge in [0.05, 0.1) is 13.1 Å². The van der Waals surface area contributed by atoms with E-state index in [-0.39, 0.29) is 56.0 Å². The highest BCUT2D eigenvalue weighted by Gasteiger charge is 2.22. The van der Waals surface area contributed by atoms with Crippen molar-refractivity contribution in [2.75, 3.05) is 13.1 Å². The number of rotatable bonds is 10. The standard InChI is InChI=1S/C23H38N6O6/c30-18(26-28-20(32)14-24-22(34)16-8-3-1-4-9-16)12-7-13-19(31)27-29-21(33)15-25-23(35)17-10-5-2-6-11-17/h16-17H,1-15H2,(H,24,34)(H,25,35)(H,26,30)(H,27,31)(H,28,32)(H,29,33). The Hall–Kier alpha value is -3.18. The van der Waals surface area contributed by atoms with Crippen molar-refractivity contribution in [2.45, 2.75) is 83.5 Å². The molecule has 0 aromatic rings. The summed E-state index contributed by atoms with van der Waals surface area (Å²) < 4.78 is 0. The van der Waals surface area contributed by atoms with Gasteiger partial charge in [0.15, 0.2) is 0 Å². The van der Waals surface area contributed by atoms with Crippen LogP contribution in [0, 0.1) is 11.8 Å². The maximum atomic E-state index is 12.0. The van der Waals surface area contributed by atoms with Crippen LogP contribution in [0.25, 0.3) is 0 Å². The van der Waals surface area contributed by atoms with Crippen molar-refractivity contribution in [1.29, 1.82) is 0 Å². The lowest BCUT2D eigenvalue weighted by Crippen LogP contribution is -2.47. The summed E-state index contributed by atoms with van der Waals surface area (Å²) in [5.74, 6) is -2.45. The second-order valence-electron chi connectivity index (χ2n) is 9.15. The fourth-order valence-electron chi connectivity index (χ4n) is 4.25. The second kappa shape index (κ2) is 15.7. The fourth-order valence-corrected chi connectivity index (χ4v) is 4.25. The van der Waals surface area contributed by atoms with Gasteiger partial charge in [0.25, 0.3) is 11.8 Å². The number of hydrogen-bond acceptors (Lipinski definition) is 6. The molecule has 6 N–H and O–H groups in total. The number of amides is 6. The van der Waals surface area contributed by atoms with Gasteiger partial charge in [-0.3, -0.25) is 50.5 Å². The highest BCUT2D eigenvalue weighted by atomic mass is 16.2. The lowest BCUT2D eigenvalue weighted by atomic mass is 9.89. The van der Waals surface area contributed by atoms with Gasteiger partial charge < -0.3 is 10.6 Å². The van der Waals surface area contributed by atoms with E-state index in [1.165, 1.54) is 0 Å². The maximum Gasteiger partial charge on any atom is 0.257 e. The van der Waals surface area contributed by atoms with Gasteiger partial charge in [-0.2, -0.15) is 0 Å². The predicted molar refractivity (Wildman–Crippen MR) is 126 cm³/mol. The summed E-state index contributed by atoms with van der Waals surface area (Å²) in [4.78, 5) is 71.2. The van der Waals surface area contributed by atoms with Gasteiger partial charge in [0, 0.05) is 24.7 Å². The Kier molecular flexibility index (Phi) is 12.6. The third kappa shape index (κ3) is 11.7. The van der Waals surface area contributed by atoms with E-state index >= 15 is 0 Å². The minimum Gasteiger partial charge on any atom is -0.347 e. The summed E-state index contributed by atoms with van der Waals surface area (Å²) in [5, 5.41) is 5.15. The molecule has 0 aromatic carbocycles. The molecule has 196 valence electrons. The van der Waals surface area contributed by atoms with Gasteiger partial charge in [-0.1, -0.05) is 38.5 Å². The molecule has 2 aliphatic rings. The molecule has 0 aromatic heterocycles. The first-order valence-electron chi connectivity index (χ1n) is 12.6. The molecule has 0 bridgehead atoms. The Bertz CT molecular complexity index is 700. The number of hydrogen-bond donors (Lipinski definition) is 6. The zero-order valence-corrected chi connectivity index (χ0v) is 20.2. The molecule has 2 aliphatic carbocycles. The molecule has 12 nitrogen and oxygen atoms in total. The van der Waals surface area contributed by atoms with Crippen molar-refractivity contribution in [1.82, 2.24) is 32.3 Å². The number of nitrogens with one attached hydrogen (secondary N) is 6. The molecule has 0 aliphatic heterocycles. The molecule has 0 unspecified atom stereocenters. The van der Waals surface area contributed by atoms with Gasteiger partial charge >= 0.3 is 0 Å². The summed E-state index contributed by atoms with van der Waals surface area (Å²) in [6.45, 7) is -0.447. The Morgan fingerprint density at radius 2 is 0.829 bits per heavy atom. The molecule has 35 heavy (non-hydrogen) atoms. The lowest BCUT2D eigenvalue weighted by molar-refractivity contribution is -0.131. The zero-order valence-electron chi connectivity index (χ0n) is 20.2. The van der Waals surface area contributed by atoms with Gasteiger partial charge in [0.2, 0.25) is 23.6 Å². The van der Waals surface area contributed by atoms with Crippen LogP contribution in [0.4, 0.5) is 0 Å². The van der Waals surface area contributed by atoms with Crippen LogP contribution >= 0.6 is 0 Å². The Morgan fingerprint density at radius 3 is 1.20 bits per heavy atom. The quantitative estimate of drug-likeness (QED) is 0.230. The van der Waals surface area contributed by atoms with E-state index in [1.54, 1.807) is 0 Å². The minimum absolute atomic E-state index is 0.0203. The van der Waals surface area contributed by atoms with Crippen LogP contribution in [0.15, 0.2) is 0 Å². The van der Waals surface area contributed by atoms with E-state index in [9.17, 15) is 28.8 Å². The van der Waals surface area contributed by atoms with Crippen molar-refractivity contribution in [3.8, 4) is 0 Å². The first-order chi connectivity index (χ1) is 16.8. The van der Waals surface area contributed by atoms with E-state index in [1.807, 2.05) is 0 Å². The third-order valence-corrected chi connectivity index (χ3v) is 6.29. The monoisotopic (exact) mass is 494 g/mol. The van der Waals surface area contributed by atoms with E-state index in [4.69, 9.17) is 0 Å². The van der Waals surface area contributed by atoms with Gasteiger partial charge in [0.1, 0.15) is 0 Å². The highest BCUT2D eigenvalue weighted by molar-refractivity contribution is 5.88. The van der Waals surface area contributed by atoms with Crippen LogP contribution in [-0.2, 0) is 28.8 Å². The lowest BCUT2D eigenvalue weighted by Gasteiger charge is -2.20. The SMILES string of the molecule is O=C(CCCC(=O)NNC(=O)CNC(=O)C1CCCCC1)NNC(=O)CNC(=O)C1CCCCC1. The molecule has 0 heterocycles. The summed E-state index contributed by atoms with van der Waals surface area (Å²) in [7, 11) is 0. The van der Waals surface area contributed by atoms with Crippen LogP contribution in [-0.4, -0.2) is 48.5 Å². The number of carbonyl (C=O) groups excluding carboxylic acids is 6. The van der Waals surface area contributed by atoms with E-state index in [0.717, 1.165) is 64.2 Å².